The largest absolute Gasteiger partial charge is 0.490 e. The van der Waals surface area contributed by atoms with E-state index < -0.39 is 53.0 Å². The van der Waals surface area contributed by atoms with E-state index in [4.69, 9.17) is 40.5 Å². The van der Waals surface area contributed by atoms with Gasteiger partial charge < -0.3 is 50.2 Å². The zero-order chi connectivity index (χ0) is 45.4. The van der Waals surface area contributed by atoms with E-state index in [0.29, 0.717) is 77.0 Å². The molecule has 0 spiro atoms. The van der Waals surface area contributed by atoms with Gasteiger partial charge in [0.1, 0.15) is 58.7 Å². The lowest BCUT2D eigenvalue weighted by Gasteiger charge is -2.35. The molecule has 9 atom stereocenters. The first kappa shape index (κ1) is 46.5. The highest BCUT2D eigenvalue weighted by Gasteiger charge is 2.61. The van der Waals surface area contributed by atoms with E-state index >= 15 is 0 Å². The first-order chi connectivity index (χ1) is 29.9. The number of carbonyl (C=O) groups is 4. The normalized spacial score (nSPS) is 27.5. The van der Waals surface area contributed by atoms with Crippen molar-refractivity contribution in [2.75, 3.05) is 38.2 Å². The fourth-order valence-corrected chi connectivity index (χ4v) is 10.0. The lowest BCUT2D eigenvalue weighted by molar-refractivity contribution is -0.146. The van der Waals surface area contributed by atoms with Crippen LogP contribution >= 0.6 is 22.9 Å². The molecule has 2 aliphatic heterocycles. The van der Waals surface area contributed by atoms with Gasteiger partial charge in [0.15, 0.2) is 5.13 Å². The maximum Gasteiger partial charge on any atom is 0.408 e. The van der Waals surface area contributed by atoms with Crippen molar-refractivity contribution >= 4 is 62.8 Å². The van der Waals surface area contributed by atoms with Crippen LogP contribution in [0.1, 0.15) is 87.5 Å². The second kappa shape index (κ2) is 18.9. The molecule has 4 aliphatic rings. The van der Waals surface area contributed by atoms with Gasteiger partial charge in [-0.25, -0.2) is 19.6 Å². The maximum absolute atomic E-state index is 14.8. The van der Waals surface area contributed by atoms with Gasteiger partial charge in [-0.1, -0.05) is 59.6 Å². The Hall–Kier alpha value is -4.45. The molecule has 2 saturated heterocycles. The quantitative estimate of drug-likeness (QED) is 0.111. The molecule has 344 valence electrons. The van der Waals surface area contributed by atoms with Crippen LogP contribution in [0.25, 0.3) is 22.3 Å². The third-order valence-corrected chi connectivity index (χ3v) is 14.0. The van der Waals surface area contributed by atoms with Crippen LogP contribution in [0.4, 0.5) is 9.93 Å². The number of pyridine rings is 1. The number of carboxylic acid groups (broad SMARTS) is 1. The summed E-state index contributed by atoms with van der Waals surface area (Å²) in [6.07, 6.45) is 0.628. The Labute approximate surface area is 377 Å². The van der Waals surface area contributed by atoms with Gasteiger partial charge in [-0.3, -0.25) is 9.59 Å². The molecule has 0 bridgehead atoms. The fourth-order valence-electron chi connectivity index (χ4n) is 8.92. The molecule has 2 aromatic heterocycles. The summed E-state index contributed by atoms with van der Waals surface area (Å²) in [4.78, 5) is 66.3. The highest BCUT2D eigenvalue weighted by atomic mass is 35.5. The predicted molar refractivity (Wildman–Crippen MR) is 240 cm³/mol. The molecule has 4 heterocycles. The number of rotatable bonds is 15. The van der Waals surface area contributed by atoms with Gasteiger partial charge in [0.05, 0.1) is 37.0 Å². The minimum Gasteiger partial charge on any atom is -0.490 e. The van der Waals surface area contributed by atoms with Crippen LogP contribution in [-0.4, -0.2) is 119 Å². The first-order valence-corrected chi connectivity index (χ1v) is 23.4. The molecule has 3 aromatic rings. The monoisotopic (exact) mass is 911 g/mol. The standard InChI is InChI=1S/C45H62ClN7O9S/c1-9-26-18-45(26,41(56)57)52-39(54)33-16-29(19-53(33)40(55)38(44(6,7)8)51-43(58)62-28-14-24(4)25(5)15-28)61-35-17-31(32-22-63-42(50-32)48-23(2)3)49-37-30(35)10-11-34(36(37)46)60-21-27-20-59-13-12-47-27/h10-11,17,22-29,33,38,47H,9,12-16,18-21H2,1-8H3,(H,48,50)(H,51,58)(H,52,54)(H,56,57)/t24-,25?,26-,27+,28?,29-,33+,38-,45-/m1/s1. The number of aromatic nitrogens is 2. The van der Waals surface area contributed by atoms with Crippen LogP contribution in [0, 0.1) is 23.2 Å². The molecule has 5 N–H and O–H groups in total. The average molecular weight is 913 g/mol. The van der Waals surface area contributed by atoms with E-state index in [2.05, 4.69) is 35.1 Å². The molecule has 63 heavy (non-hydrogen) atoms. The number of nitrogens with zero attached hydrogens (tertiary/aromatic N) is 3. The van der Waals surface area contributed by atoms with Crippen molar-refractivity contribution in [2.24, 2.45) is 23.2 Å². The molecule has 4 fully saturated rings. The number of ether oxygens (including phenoxy) is 4. The van der Waals surface area contributed by atoms with E-state index in [0.717, 1.165) is 19.4 Å². The van der Waals surface area contributed by atoms with Gasteiger partial charge in [0, 0.05) is 35.8 Å². The summed E-state index contributed by atoms with van der Waals surface area (Å²) in [5.74, 6) is -0.864. The van der Waals surface area contributed by atoms with E-state index in [1.54, 1.807) is 12.1 Å². The number of carbonyl (C=O) groups excluding carboxylic acids is 3. The minimum atomic E-state index is -1.43. The number of carboxylic acids is 1. The maximum atomic E-state index is 14.8. The molecule has 2 aliphatic carbocycles. The molecule has 0 radical (unpaired) electrons. The number of nitrogens with one attached hydrogen (secondary N) is 4. The summed E-state index contributed by atoms with van der Waals surface area (Å²) in [6, 6.07) is 3.27. The number of anilines is 1. The van der Waals surface area contributed by atoms with Crippen LogP contribution in [0.3, 0.4) is 0 Å². The molecular weight excluding hydrogens is 850 g/mol. The van der Waals surface area contributed by atoms with Gasteiger partial charge in [-0.15, -0.1) is 11.3 Å². The predicted octanol–water partition coefficient (Wildman–Crippen LogP) is 6.49. The van der Waals surface area contributed by atoms with Crippen molar-refractivity contribution in [3.63, 3.8) is 0 Å². The highest BCUT2D eigenvalue weighted by molar-refractivity contribution is 7.14. The Balaban J connectivity index is 1.21. The van der Waals surface area contributed by atoms with Crippen molar-refractivity contribution in [3.8, 4) is 22.9 Å². The molecule has 7 rings (SSSR count). The number of likely N-dealkylation sites (tertiary alicyclic amines) is 1. The zero-order valence-corrected chi connectivity index (χ0v) is 39.0. The summed E-state index contributed by atoms with van der Waals surface area (Å²) in [6.45, 7) is 17.8. The molecule has 16 nitrogen and oxygen atoms in total. The number of thiazole rings is 1. The molecule has 1 aromatic carbocycles. The van der Waals surface area contributed by atoms with Gasteiger partial charge in [-0.05, 0) is 68.4 Å². The number of morpholine rings is 1. The Kier molecular flexibility index (Phi) is 14.0. The topological polar surface area (TPSA) is 203 Å². The minimum absolute atomic E-state index is 0.0134. The summed E-state index contributed by atoms with van der Waals surface area (Å²) in [5.41, 5.74) is -0.754. The Morgan fingerprint density at radius 2 is 1.83 bits per heavy atom. The molecule has 18 heteroatoms. The third kappa shape index (κ3) is 10.4. The number of benzene rings is 1. The number of aliphatic carboxylic acids is 1. The van der Waals surface area contributed by atoms with Crippen LogP contribution in [0.15, 0.2) is 23.6 Å². The Morgan fingerprint density at radius 1 is 1.08 bits per heavy atom. The van der Waals surface area contributed by atoms with Gasteiger partial charge in [-0.2, -0.15) is 0 Å². The number of hydrogen-bond donors (Lipinski definition) is 5. The summed E-state index contributed by atoms with van der Waals surface area (Å²) in [5, 5.41) is 26.0. The summed E-state index contributed by atoms with van der Waals surface area (Å²) < 4.78 is 24.4. The highest BCUT2D eigenvalue weighted by Crippen LogP contribution is 2.47. The van der Waals surface area contributed by atoms with Crippen molar-refractivity contribution in [1.29, 1.82) is 0 Å². The number of amides is 3. The van der Waals surface area contributed by atoms with Crippen LogP contribution in [0.2, 0.25) is 5.02 Å². The molecule has 3 amide bonds. The summed E-state index contributed by atoms with van der Waals surface area (Å²) in [7, 11) is 0. The third-order valence-electron chi connectivity index (χ3n) is 12.8. The number of fused-ring (bicyclic) bond motifs is 1. The van der Waals surface area contributed by atoms with Crippen molar-refractivity contribution in [3.05, 3.63) is 28.6 Å². The smallest absolute Gasteiger partial charge is 0.408 e. The van der Waals surface area contributed by atoms with Crippen LogP contribution in [-0.2, 0) is 23.9 Å². The van der Waals surface area contributed by atoms with Crippen molar-refractivity contribution in [1.82, 2.24) is 30.8 Å². The van der Waals surface area contributed by atoms with Gasteiger partial charge >= 0.3 is 12.1 Å². The average Bonchev–Trinajstić information content (AvgIpc) is 3.46. The zero-order valence-electron chi connectivity index (χ0n) is 37.4. The molecular formula is C45H62ClN7O9S. The van der Waals surface area contributed by atoms with Gasteiger partial charge in [0.2, 0.25) is 11.8 Å². The lowest BCUT2D eigenvalue weighted by Crippen LogP contribution is -2.59. The first-order valence-electron chi connectivity index (χ1n) is 22.2. The SMILES string of the molecule is CC[C@@H]1C[C@]1(NC(=O)[C@@H]1C[C@@H](Oc2cc(-c3csc(NC(C)C)n3)nc3c(Cl)c(OC[C@@H]4COCCN4)ccc23)CN1C(=O)[C@@H](NC(=O)OC1CC(C)[C@H](C)C1)C(C)(C)C)C(=O)O. The number of halogens is 1. The molecule has 2 saturated carbocycles. The Bertz CT molecular complexity index is 2170. The Morgan fingerprint density at radius 3 is 2.46 bits per heavy atom. The van der Waals surface area contributed by atoms with Crippen molar-refractivity contribution in [2.45, 2.75) is 129 Å². The molecule has 2 unspecified atom stereocenters. The fraction of sp³-hybridized carbons (Fsp3) is 0.644. The summed E-state index contributed by atoms with van der Waals surface area (Å²) >= 11 is 8.53. The van der Waals surface area contributed by atoms with E-state index in [1.165, 1.54) is 16.2 Å². The number of hydrogen-bond acceptors (Lipinski definition) is 13. The van der Waals surface area contributed by atoms with Crippen molar-refractivity contribution < 1.29 is 43.2 Å². The van der Waals surface area contributed by atoms with Crippen LogP contribution in [0.5, 0.6) is 11.5 Å². The van der Waals surface area contributed by atoms with E-state index in [-0.39, 0.29) is 48.5 Å². The second-order valence-electron chi connectivity index (χ2n) is 19.1. The second-order valence-corrected chi connectivity index (χ2v) is 20.3. The van der Waals surface area contributed by atoms with E-state index in [9.17, 15) is 24.3 Å². The number of alkyl carbamates (subject to hydrolysis) is 1. The van der Waals surface area contributed by atoms with Crippen LogP contribution < -0.4 is 30.7 Å². The van der Waals surface area contributed by atoms with E-state index in [1.807, 2.05) is 53.0 Å². The lowest BCUT2D eigenvalue weighted by atomic mass is 9.85. The van der Waals surface area contributed by atoms with Gasteiger partial charge in [0.25, 0.3) is 0 Å².